The van der Waals surface area contributed by atoms with Crippen LogP contribution in [-0.2, 0) is 0 Å². The van der Waals surface area contributed by atoms with Crippen molar-refractivity contribution in [3.8, 4) is 0 Å². The van der Waals surface area contributed by atoms with Gasteiger partial charge in [-0.2, -0.15) is 4.98 Å². The highest BCUT2D eigenvalue weighted by Gasteiger charge is 2.25. The van der Waals surface area contributed by atoms with Gasteiger partial charge in [-0.25, -0.2) is 9.97 Å². The standard InChI is InChI=1S/C26H32N8O/c1-32(2)17-10-13-33(14-11-17)19-7-8-22(28-15-19)30-26-29-16-21-20-9-12-27-25(35)23(20)34(24(21)31-26)18-5-3-4-6-18/h7-9,12,15-18H,3-6,10-11,13-14H2,1-2H3,(H,27,35)(H,28,29,30,31). The van der Waals surface area contributed by atoms with Crippen LogP contribution in [0.3, 0.4) is 0 Å². The Hall–Kier alpha value is -3.46. The molecule has 0 amide bonds. The summed E-state index contributed by atoms with van der Waals surface area (Å²) in [7, 11) is 4.32. The second-order valence-electron chi connectivity index (χ2n) is 10.0. The molecule has 4 aromatic heterocycles. The fraction of sp³-hybridized carbons (Fsp3) is 0.462. The molecule has 0 spiro atoms. The maximum Gasteiger partial charge on any atom is 0.272 e. The lowest BCUT2D eigenvalue weighted by Gasteiger charge is -2.36. The van der Waals surface area contributed by atoms with Gasteiger partial charge in [0.1, 0.15) is 17.0 Å². The highest BCUT2D eigenvalue weighted by molar-refractivity contribution is 6.06. The molecule has 9 heteroatoms. The van der Waals surface area contributed by atoms with Gasteiger partial charge in [0.2, 0.25) is 5.95 Å². The number of aromatic nitrogens is 5. The minimum Gasteiger partial charge on any atom is -0.370 e. The Bertz CT molecular complexity index is 1390. The van der Waals surface area contributed by atoms with Crippen molar-refractivity contribution < 1.29 is 0 Å². The number of aromatic amines is 1. The van der Waals surface area contributed by atoms with E-state index in [0.29, 0.717) is 23.3 Å². The zero-order valence-electron chi connectivity index (χ0n) is 20.4. The number of H-pyrrole nitrogens is 1. The predicted octanol–water partition coefficient (Wildman–Crippen LogP) is 4.06. The van der Waals surface area contributed by atoms with Crippen molar-refractivity contribution in [3.63, 3.8) is 0 Å². The number of hydrogen-bond acceptors (Lipinski definition) is 7. The normalized spacial score (nSPS) is 17.7. The molecule has 2 aliphatic rings. The molecule has 2 fully saturated rings. The molecule has 1 saturated heterocycles. The summed E-state index contributed by atoms with van der Waals surface area (Å²) in [5.74, 6) is 1.20. The second-order valence-corrected chi connectivity index (χ2v) is 10.0. The molecular weight excluding hydrogens is 440 g/mol. The van der Waals surface area contributed by atoms with E-state index in [1.54, 1.807) is 6.20 Å². The van der Waals surface area contributed by atoms with Gasteiger partial charge in [0.05, 0.1) is 11.9 Å². The molecule has 5 heterocycles. The molecule has 9 nitrogen and oxygen atoms in total. The van der Waals surface area contributed by atoms with Crippen molar-refractivity contribution in [2.24, 2.45) is 0 Å². The molecule has 1 aliphatic carbocycles. The van der Waals surface area contributed by atoms with Crippen LogP contribution in [0, 0.1) is 0 Å². The van der Waals surface area contributed by atoms with Crippen molar-refractivity contribution in [2.75, 3.05) is 37.4 Å². The summed E-state index contributed by atoms with van der Waals surface area (Å²) >= 11 is 0. The maximum absolute atomic E-state index is 12.8. The molecule has 0 radical (unpaired) electrons. The van der Waals surface area contributed by atoms with Crippen LogP contribution >= 0.6 is 0 Å². The number of fused-ring (bicyclic) bond motifs is 3. The summed E-state index contributed by atoms with van der Waals surface area (Å²) in [5, 5.41) is 5.08. The highest BCUT2D eigenvalue weighted by atomic mass is 16.1. The topological polar surface area (TPSA) is 95.0 Å². The van der Waals surface area contributed by atoms with Crippen molar-refractivity contribution in [2.45, 2.75) is 50.6 Å². The van der Waals surface area contributed by atoms with Gasteiger partial charge in [0.15, 0.2) is 0 Å². The van der Waals surface area contributed by atoms with Crippen molar-refractivity contribution in [1.82, 2.24) is 29.4 Å². The third kappa shape index (κ3) is 4.03. The van der Waals surface area contributed by atoms with E-state index in [9.17, 15) is 4.79 Å². The predicted molar refractivity (Wildman–Crippen MR) is 140 cm³/mol. The molecular formula is C26H32N8O. The van der Waals surface area contributed by atoms with Crippen molar-refractivity contribution in [1.29, 1.82) is 0 Å². The molecule has 2 N–H and O–H groups in total. The SMILES string of the molecule is CN(C)C1CCN(c2ccc(Nc3ncc4c5cc[nH]c(=O)c5n(C5CCCC5)c4n3)nc2)CC1. The first-order valence-corrected chi connectivity index (χ1v) is 12.6. The van der Waals surface area contributed by atoms with E-state index >= 15 is 0 Å². The van der Waals surface area contributed by atoms with Crippen LogP contribution in [-0.4, -0.2) is 62.6 Å². The van der Waals surface area contributed by atoms with Gasteiger partial charge < -0.3 is 24.7 Å². The Morgan fingerprint density at radius 1 is 1.00 bits per heavy atom. The Labute approximate surface area is 204 Å². The lowest BCUT2D eigenvalue weighted by atomic mass is 10.0. The molecule has 6 rings (SSSR count). The number of nitrogens with one attached hydrogen (secondary N) is 2. The Balaban J connectivity index is 1.27. The first-order valence-electron chi connectivity index (χ1n) is 12.6. The minimum atomic E-state index is -0.0752. The van der Waals surface area contributed by atoms with Gasteiger partial charge in [-0.3, -0.25) is 4.79 Å². The van der Waals surface area contributed by atoms with Gasteiger partial charge in [0.25, 0.3) is 5.56 Å². The summed E-state index contributed by atoms with van der Waals surface area (Å²) in [5.41, 5.74) is 2.57. The third-order valence-electron chi connectivity index (χ3n) is 7.70. The van der Waals surface area contributed by atoms with E-state index in [-0.39, 0.29) is 11.6 Å². The molecule has 1 saturated carbocycles. The summed E-state index contributed by atoms with van der Waals surface area (Å²) in [4.78, 5) is 34.4. The van der Waals surface area contributed by atoms with Gasteiger partial charge in [-0.05, 0) is 58.0 Å². The van der Waals surface area contributed by atoms with E-state index in [4.69, 9.17) is 4.98 Å². The van der Waals surface area contributed by atoms with Crippen molar-refractivity contribution >= 4 is 39.4 Å². The van der Waals surface area contributed by atoms with Gasteiger partial charge in [-0.1, -0.05) is 12.8 Å². The first kappa shape index (κ1) is 22.0. The van der Waals surface area contributed by atoms with E-state index in [2.05, 4.69) is 54.8 Å². The van der Waals surface area contributed by atoms with E-state index in [1.165, 1.54) is 25.7 Å². The van der Waals surface area contributed by atoms with E-state index in [0.717, 1.165) is 48.0 Å². The van der Waals surface area contributed by atoms with Crippen LogP contribution in [0.2, 0.25) is 0 Å². The van der Waals surface area contributed by atoms with Gasteiger partial charge in [-0.15, -0.1) is 0 Å². The summed E-state index contributed by atoms with van der Waals surface area (Å²) in [6, 6.07) is 6.98. The van der Waals surface area contributed by atoms with Crippen LogP contribution in [0.5, 0.6) is 0 Å². The summed E-state index contributed by atoms with van der Waals surface area (Å²) in [6.45, 7) is 2.09. The number of anilines is 3. The smallest absolute Gasteiger partial charge is 0.272 e. The van der Waals surface area contributed by atoms with E-state index < -0.39 is 0 Å². The van der Waals surface area contributed by atoms with Crippen LogP contribution < -0.4 is 15.8 Å². The molecule has 1 aliphatic heterocycles. The molecule has 182 valence electrons. The van der Waals surface area contributed by atoms with E-state index in [1.807, 2.05) is 24.5 Å². The highest BCUT2D eigenvalue weighted by Crippen LogP contribution is 2.36. The Morgan fingerprint density at radius 3 is 2.51 bits per heavy atom. The zero-order chi connectivity index (χ0) is 23.9. The van der Waals surface area contributed by atoms with Crippen LogP contribution in [0.15, 0.2) is 41.6 Å². The number of pyridine rings is 2. The van der Waals surface area contributed by atoms with Gasteiger partial charge >= 0.3 is 0 Å². The fourth-order valence-electron chi connectivity index (χ4n) is 5.76. The number of nitrogens with zero attached hydrogens (tertiary/aromatic N) is 6. The molecule has 0 atom stereocenters. The van der Waals surface area contributed by atoms with Crippen molar-refractivity contribution in [3.05, 3.63) is 47.1 Å². The second kappa shape index (κ2) is 8.96. The Morgan fingerprint density at radius 2 is 1.80 bits per heavy atom. The number of hydrogen-bond donors (Lipinski definition) is 2. The summed E-state index contributed by atoms with van der Waals surface area (Å²) in [6.07, 6.45) is 12.3. The fourth-order valence-corrected chi connectivity index (χ4v) is 5.76. The van der Waals surface area contributed by atoms with Crippen LogP contribution in [0.4, 0.5) is 17.5 Å². The van der Waals surface area contributed by atoms with Gasteiger partial charge in [0, 0.05) is 48.3 Å². The maximum atomic E-state index is 12.8. The molecule has 4 aromatic rings. The monoisotopic (exact) mass is 472 g/mol. The third-order valence-corrected chi connectivity index (χ3v) is 7.70. The molecule has 0 bridgehead atoms. The number of piperidine rings is 1. The molecule has 0 unspecified atom stereocenters. The average molecular weight is 473 g/mol. The Kier molecular flexibility index (Phi) is 5.64. The largest absolute Gasteiger partial charge is 0.370 e. The van der Waals surface area contributed by atoms with Crippen LogP contribution in [0.1, 0.15) is 44.6 Å². The minimum absolute atomic E-state index is 0.0752. The average Bonchev–Trinajstić information content (AvgIpc) is 3.51. The molecule has 0 aromatic carbocycles. The number of rotatable bonds is 5. The lowest BCUT2D eigenvalue weighted by molar-refractivity contribution is 0.249. The quantitative estimate of drug-likeness (QED) is 0.452. The zero-order valence-corrected chi connectivity index (χ0v) is 20.4. The molecule has 35 heavy (non-hydrogen) atoms. The lowest BCUT2D eigenvalue weighted by Crippen LogP contribution is -2.42. The summed E-state index contributed by atoms with van der Waals surface area (Å²) < 4.78 is 2.14. The van der Waals surface area contributed by atoms with Crippen LogP contribution in [0.25, 0.3) is 21.9 Å². The first-order chi connectivity index (χ1) is 17.1.